The van der Waals surface area contributed by atoms with Gasteiger partial charge in [0.1, 0.15) is 17.7 Å². The zero-order chi connectivity index (χ0) is 28.8. The number of amides is 1. The van der Waals surface area contributed by atoms with E-state index in [0.717, 1.165) is 17.3 Å². The maximum Gasteiger partial charge on any atom is 0.348 e. The number of nitrogens with zero attached hydrogens (tertiary/aromatic N) is 5. The largest absolute Gasteiger partial charge is 0.479 e. The summed E-state index contributed by atoms with van der Waals surface area (Å²) in [5.74, 6) is -3.71. The van der Waals surface area contributed by atoms with Crippen molar-refractivity contribution in [2.75, 3.05) is 23.8 Å². The van der Waals surface area contributed by atoms with Gasteiger partial charge in [-0.05, 0) is 35.7 Å². The number of hydrogen-bond donors (Lipinski definition) is 4. The van der Waals surface area contributed by atoms with Crippen molar-refractivity contribution >= 4 is 52.1 Å². The van der Waals surface area contributed by atoms with Gasteiger partial charge in [0.25, 0.3) is 5.60 Å². The van der Waals surface area contributed by atoms with E-state index in [1.807, 2.05) is 0 Å². The first-order valence-corrected chi connectivity index (χ1v) is 12.5. The number of alkyl halides is 1. The van der Waals surface area contributed by atoms with Crippen LogP contribution in [0.15, 0.2) is 30.6 Å². The normalized spacial score (nSPS) is 23.3. The molecule has 2 aromatic heterocycles. The first-order chi connectivity index (χ1) is 19.0. The average molecular weight is 579 g/mol. The average Bonchev–Trinajstić information content (AvgIpc) is 3.60. The highest BCUT2D eigenvalue weighted by Crippen LogP contribution is 2.35. The van der Waals surface area contributed by atoms with Gasteiger partial charge in [-0.15, -0.1) is 0 Å². The van der Waals surface area contributed by atoms with E-state index < -0.39 is 55.2 Å². The van der Waals surface area contributed by atoms with Gasteiger partial charge in [-0.2, -0.15) is 9.97 Å². The Balaban J connectivity index is 1.34. The van der Waals surface area contributed by atoms with Crippen LogP contribution in [0.1, 0.15) is 24.6 Å². The predicted octanol–water partition coefficient (Wildman–Crippen LogP) is 0.952. The molecule has 1 aromatic carbocycles. The van der Waals surface area contributed by atoms with Crippen LogP contribution in [0.5, 0.6) is 0 Å². The van der Waals surface area contributed by atoms with E-state index in [9.17, 15) is 29.7 Å². The minimum atomic E-state index is -2.78. The number of hydrogen-bond acceptors (Lipinski definition) is 10. The number of carboxylic acid groups (broad SMARTS) is 2. The molecule has 2 aliphatic heterocycles. The lowest BCUT2D eigenvalue weighted by atomic mass is 9.94. The fourth-order valence-corrected chi connectivity index (χ4v) is 4.98. The molecule has 0 bridgehead atoms. The maximum absolute atomic E-state index is 15.2. The third kappa shape index (κ3) is 4.81. The molecule has 0 spiro atoms. The number of nitrogen functional groups attached to an aromatic ring is 1. The number of aromatic nitrogens is 4. The van der Waals surface area contributed by atoms with Gasteiger partial charge in [-0.1, -0.05) is 12.1 Å². The molecule has 14 nitrogen and oxygen atoms in total. The Morgan fingerprint density at radius 3 is 2.55 bits per heavy atom. The molecule has 16 heteroatoms. The topological polar surface area (TPSA) is 203 Å². The van der Waals surface area contributed by atoms with E-state index in [2.05, 4.69) is 15.0 Å². The molecule has 0 radical (unpaired) electrons. The number of halogens is 2. The van der Waals surface area contributed by atoms with Crippen LogP contribution >= 0.6 is 11.6 Å². The summed E-state index contributed by atoms with van der Waals surface area (Å²) < 4.78 is 27.3. The van der Waals surface area contributed by atoms with Gasteiger partial charge < -0.3 is 35.4 Å². The molecule has 0 saturated carbocycles. The van der Waals surface area contributed by atoms with Gasteiger partial charge in [0.2, 0.25) is 11.2 Å². The summed E-state index contributed by atoms with van der Waals surface area (Å²) in [6.07, 6.45) is -5.08. The van der Waals surface area contributed by atoms with Crippen molar-refractivity contribution < 1.29 is 43.6 Å². The van der Waals surface area contributed by atoms with Gasteiger partial charge in [-0.3, -0.25) is 9.36 Å². The summed E-state index contributed by atoms with van der Waals surface area (Å²) in [6, 6.07) is 6.19. The van der Waals surface area contributed by atoms with E-state index in [-0.39, 0.29) is 28.2 Å². The molecule has 4 heterocycles. The van der Waals surface area contributed by atoms with Crippen LogP contribution in [0, 0.1) is 0 Å². The van der Waals surface area contributed by atoms with Gasteiger partial charge in [0.05, 0.1) is 12.9 Å². The molecule has 0 unspecified atom stereocenters. The Morgan fingerprint density at radius 1 is 1.23 bits per heavy atom. The quantitative estimate of drug-likeness (QED) is 0.207. The van der Waals surface area contributed by atoms with Crippen LogP contribution in [0.3, 0.4) is 0 Å². The second-order valence-electron chi connectivity index (χ2n) is 9.44. The molecule has 4 atom stereocenters. The Kier molecular flexibility index (Phi) is 7.31. The van der Waals surface area contributed by atoms with Crippen LogP contribution in [0.4, 0.5) is 15.9 Å². The number of aliphatic carboxylic acids is 2. The van der Waals surface area contributed by atoms with Gasteiger partial charge in [0, 0.05) is 25.1 Å². The van der Waals surface area contributed by atoms with Crippen LogP contribution in [-0.2, 0) is 30.3 Å². The monoisotopic (exact) mass is 578 g/mol. The molecule has 0 aliphatic carbocycles. The van der Waals surface area contributed by atoms with Crippen molar-refractivity contribution in [1.29, 1.82) is 0 Å². The van der Waals surface area contributed by atoms with Gasteiger partial charge >= 0.3 is 11.9 Å². The van der Waals surface area contributed by atoms with Crippen molar-refractivity contribution in [3.8, 4) is 0 Å². The van der Waals surface area contributed by atoms with E-state index in [1.165, 1.54) is 12.1 Å². The van der Waals surface area contributed by atoms with E-state index >= 15 is 4.39 Å². The first-order valence-electron chi connectivity index (χ1n) is 12.1. The highest BCUT2D eigenvalue weighted by Gasteiger charge is 2.52. The molecule has 1 amide bonds. The lowest BCUT2D eigenvalue weighted by molar-refractivity contribution is -0.190. The van der Waals surface area contributed by atoms with Crippen molar-refractivity contribution in [1.82, 2.24) is 19.5 Å². The molecular weight excluding hydrogens is 555 g/mol. The molecule has 5 N–H and O–H groups in total. The fraction of sp³-hybridized carbons (Fsp3) is 0.417. The van der Waals surface area contributed by atoms with Gasteiger partial charge in [-0.25, -0.2) is 19.0 Å². The summed E-state index contributed by atoms with van der Waals surface area (Å²) in [5, 5.41) is 30.1. The molecule has 2 fully saturated rings. The minimum absolute atomic E-state index is 0.0309. The number of carbonyl (C=O) groups excluding carboxylic acids is 1. The maximum atomic E-state index is 15.2. The number of aliphatic hydroxyl groups excluding tert-OH is 1. The molecule has 212 valence electrons. The van der Waals surface area contributed by atoms with Gasteiger partial charge in [0.15, 0.2) is 23.9 Å². The lowest BCUT2D eigenvalue weighted by Gasteiger charge is -2.27. The third-order valence-corrected chi connectivity index (χ3v) is 7.12. The third-order valence-electron chi connectivity index (χ3n) is 6.95. The highest BCUT2D eigenvalue weighted by atomic mass is 35.5. The summed E-state index contributed by atoms with van der Waals surface area (Å²) in [4.78, 5) is 49.8. The number of rotatable bonds is 9. The minimum Gasteiger partial charge on any atom is -0.479 e. The SMILES string of the molecule is Nc1nc(Cl)nc2c1ncn2[C@@H]1O[C@H](COC(Cc2ccc(N3CCCC3=O)cc2)(C(=O)O)C(=O)O)[C@@H](O)[C@@H]1F. The summed E-state index contributed by atoms with van der Waals surface area (Å²) in [7, 11) is 0. The Hall–Kier alpha value is -3.92. The van der Waals surface area contributed by atoms with E-state index in [1.54, 1.807) is 17.0 Å². The summed E-state index contributed by atoms with van der Waals surface area (Å²) in [5.41, 5.74) is 4.04. The zero-order valence-electron chi connectivity index (χ0n) is 20.7. The number of nitrogens with two attached hydrogens (primary N) is 1. The van der Waals surface area contributed by atoms with Crippen LogP contribution in [0.2, 0.25) is 5.28 Å². The predicted molar refractivity (Wildman–Crippen MR) is 135 cm³/mol. The zero-order valence-corrected chi connectivity index (χ0v) is 21.4. The van der Waals surface area contributed by atoms with Crippen LogP contribution < -0.4 is 10.6 Å². The summed E-state index contributed by atoms with van der Waals surface area (Å²) in [6.45, 7) is -0.223. The number of carbonyl (C=O) groups is 3. The molecule has 5 rings (SSSR count). The molecule has 2 aliphatic rings. The number of carboxylic acids is 2. The van der Waals surface area contributed by atoms with Crippen LogP contribution in [-0.4, -0.2) is 89.8 Å². The second-order valence-corrected chi connectivity index (χ2v) is 9.78. The Labute approximate surface area is 230 Å². The number of imidazole rings is 1. The van der Waals surface area contributed by atoms with Crippen molar-refractivity contribution in [3.05, 3.63) is 41.4 Å². The fourth-order valence-electron chi connectivity index (χ4n) is 4.81. The van der Waals surface area contributed by atoms with Crippen molar-refractivity contribution in [2.24, 2.45) is 0 Å². The van der Waals surface area contributed by atoms with Crippen molar-refractivity contribution in [3.63, 3.8) is 0 Å². The smallest absolute Gasteiger partial charge is 0.348 e. The standard InChI is InChI=1S/C24H24ClFN6O8/c25-23-29-18(27)16-19(30-23)32(10-28-16)20-15(26)17(34)13(40-20)9-39-24(21(35)36,22(37)38)8-11-3-5-12(6-4-11)31-7-1-2-14(31)33/h3-6,10,13,15,17,20,34H,1-2,7-9H2,(H,35,36)(H,37,38)(H2,27,29,30)/t13-,15+,17-,20-/m1/s1. The van der Waals surface area contributed by atoms with E-state index in [0.29, 0.717) is 24.2 Å². The highest BCUT2D eigenvalue weighted by molar-refractivity contribution is 6.28. The molecule has 2 saturated heterocycles. The first kappa shape index (κ1) is 27.6. The van der Waals surface area contributed by atoms with Crippen molar-refractivity contribution in [2.45, 2.75) is 49.5 Å². The van der Waals surface area contributed by atoms with Crippen LogP contribution in [0.25, 0.3) is 11.2 Å². The number of anilines is 2. The van der Waals surface area contributed by atoms with E-state index in [4.69, 9.17) is 26.8 Å². The molecule has 3 aromatic rings. The Morgan fingerprint density at radius 2 is 1.93 bits per heavy atom. The molecule has 40 heavy (non-hydrogen) atoms. The second kappa shape index (κ2) is 10.6. The molecular formula is C24H24ClFN6O8. The summed E-state index contributed by atoms with van der Waals surface area (Å²) >= 11 is 5.85. The Bertz CT molecular complexity index is 1460. The number of aliphatic hydroxyl groups is 1. The number of ether oxygens (including phenoxy) is 2. The number of benzene rings is 1. The lowest BCUT2D eigenvalue weighted by Crippen LogP contribution is -2.52. The number of fused-ring (bicyclic) bond motifs is 1.